The minimum absolute atomic E-state index is 0.0284. The van der Waals surface area contributed by atoms with Gasteiger partial charge in [0.05, 0.1) is 23.9 Å². The van der Waals surface area contributed by atoms with Crippen molar-refractivity contribution in [1.82, 2.24) is 10.3 Å². The number of fused-ring (bicyclic) bond motifs is 1. The first-order chi connectivity index (χ1) is 18.3. The summed E-state index contributed by atoms with van der Waals surface area (Å²) in [5.74, 6) is -0.830. The van der Waals surface area contributed by atoms with Crippen molar-refractivity contribution in [2.24, 2.45) is 5.92 Å². The predicted molar refractivity (Wildman–Crippen MR) is 140 cm³/mol. The lowest BCUT2D eigenvalue weighted by Crippen LogP contribution is -2.43. The number of piperidine rings is 1. The van der Waals surface area contributed by atoms with Crippen molar-refractivity contribution in [3.05, 3.63) is 78.5 Å². The van der Waals surface area contributed by atoms with Gasteiger partial charge in [-0.15, -0.1) is 0 Å². The van der Waals surface area contributed by atoms with E-state index < -0.39 is 23.6 Å². The average molecular weight is 528 g/mol. The third kappa shape index (κ3) is 5.78. The van der Waals surface area contributed by atoms with Crippen LogP contribution >= 0.6 is 0 Å². The smallest absolute Gasteiger partial charge is 0.417 e. The zero-order chi connectivity index (χ0) is 27.3. The Morgan fingerprint density at radius 2 is 1.89 bits per heavy atom. The van der Waals surface area contributed by atoms with E-state index in [4.69, 9.17) is 4.74 Å². The van der Waals surface area contributed by atoms with Crippen LogP contribution in [0.3, 0.4) is 0 Å². The number of anilines is 1. The minimum Gasteiger partial charge on any atom is -0.462 e. The molecule has 0 aliphatic carbocycles. The lowest BCUT2D eigenvalue weighted by atomic mass is 9.85. The van der Waals surface area contributed by atoms with Gasteiger partial charge in [0, 0.05) is 17.8 Å². The number of unbranched alkanes of at least 4 members (excludes halogenated alkanes) is 1. The van der Waals surface area contributed by atoms with Gasteiger partial charge >= 0.3 is 12.1 Å². The monoisotopic (exact) mass is 527 g/mol. The Kier molecular flexibility index (Phi) is 8.56. The Morgan fingerprint density at radius 1 is 1.16 bits per heavy atom. The first-order valence-electron chi connectivity index (χ1n) is 12.9. The molecule has 38 heavy (non-hydrogen) atoms. The van der Waals surface area contributed by atoms with Crippen molar-refractivity contribution in [2.45, 2.75) is 44.8 Å². The number of halogens is 3. The number of rotatable bonds is 8. The van der Waals surface area contributed by atoms with Gasteiger partial charge in [0.15, 0.2) is 0 Å². The summed E-state index contributed by atoms with van der Waals surface area (Å²) >= 11 is 0. The Labute approximate surface area is 220 Å². The molecule has 202 valence electrons. The van der Waals surface area contributed by atoms with Crippen molar-refractivity contribution in [3.8, 4) is 11.1 Å². The second-order valence-corrected chi connectivity index (χ2v) is 9.42. The van der Waals surface area contributed by atoms with Gasteiger partial charge in [0.1, 0.15) is 0 Å². The second kappa shape index (κ2) is 11.9. The van der Waals surface area contributed by atoms with Crippen LogP contribution in [0.5, 0.6) is 0 Å². The number of nitrogens with one attached hydrogen (secondary N) is 1. The van der Waals surface area contributed by atoms with E-state index >= 15 is 0 Å². The summed E-state index contributed by atoms with van der Waals surface area (Å²) in [4.78, 5) is 25.5. The van der Waals surface area contributed by atoms with Crippen molar-refractivity contribution in [3.63, 3.8) is 0 Å². The summed E-state index contributed by atoms with van der Waals surface area (Å²) in [6.07, 6.45) is 2.76. The molecule has 1 N–H and O–H groups in total. The summed E-state index contributed by atoms with van der Waals surface area (Å²) in [5, 5.41) is 6.43. The normalized spacial score (nSPS) is 18.1. The standard InChI is InChI=1S/C29H32F3N3O3/c1-3-5-18-38-27(37)14-17-34-28(20-12-15-33-16-13-20)23-11-10-21(19-25(23)35(34)26(36)4-2)22-8-6-7-9-24(22)29(30,31)32/h4,6-11,14,17,19-20,28,33H,2-3,5,12-13,15-16,18H2,1H3. The zero-order valence-corrected chi connectivity index (χ0v) is 21.3. The van der Waals surface area contributed by atoms with E-state index in [1.54, 1.807) is 29.3 Å². The maximum Gasteiger partial charge on any atom is 0.417 e. The highest BCUT2D eigenvalue weighted by molar-refractivity contribution is 6.02. The Balaban J connectivity index is 1.79. The largest absolute Gasteiger partial charge is 0.462 e. The third-order valence-corrected chi connectivity index (χ3v) is 6.96. The number of benzene rings is 2. The molecule has 0 bridgehead atoms. The molecule has 1 unspecified atom stereocenters. The zero-order valence-electron chi connectivity index (χ0n) is 21.3. The number of carbonyl (C=O) groups is 2. The topological polar surface area (TPSA) is 61.9 Å². The number of hydrogen-bond donors (Lipinski definition) is 1. The molecule has 1 saturated heterocycles. The Bertz CT molecular complexity index is 1210. The third-order valence-electron chi connectivity index (χ3n) is 6.96. The molecule has 4 rings (SSSR count). The fraction of sp³-hybridized carbons (Fsp3) is 0.379. The summed E-state index contributed by atoms with van der Waals surface area (Å²) in [7, 11) is 0. The molecule has 2 heterocycles. The predicted octanol–water partition coefficient (Wildman–Crippen LogP) is 6.02. The highest BCUT2D eigenvalue weighted by Gasteiger charge is 2.42. The number of nitrogens with zero attached hydrogens (tertiary/aromatic N) is 2. The van der Waals surface area contributed by atoms with Crippen LogP contribution < -0.4 is 10.3 Å². The molecule has 6 nitrogen and oxygen atoms in total. The van der Waals surface area contributed by atoms with E-state index in [1.165, 1.54) is 29.4 Å². The highest BCUT2D eigenvalue weighted by atomic mass is 19.4. The SMILES string of the molecule is C=CC(=O)N1c2cc(-c3ccccc3C(F)(F)F)ccc2C(C2CCNCC2)N1C=CC(=O)OCCCC. The quantitative estimate of drug-likeness (QED) is 0.259. The maximum atomic E-state index is 13.8. The van der Waals surface area contributed by atoms with E-state index in [2.05, 4.69) is 11.9 Å². The summed E-state index contributed by atoms with van der Waals surface area (Å²) < 4.78 is 46.6. The summed E-state index contributed by atoms with van der Waals surface area (Å²) in [5.41, 5.74) is 0.899. The van der Waals surface area contributed by atoms with Crippen molar-refractivity contribution in [1.29, 1.82) is 0 Å². The van der Waals surface area contributed by atoms with E-state index in [0.29, 0.717) is 17.9 Å². The molecule has 2 aromatic carbocycles. The molecule has 0 radical (unpaired) electrons. The molecule has 0 spiro atoms. The molecule has 2 aliphatic heterocycles. The lowest BCUT2D eigenvalue weighted by molar-refractivity contribution is -0.138. The fourth-order valence-electron chi connectivity index (χ4n) is 5.13. The van der Waals surface area contributed by atoms with Crippen LogP contribution in [0, 0.1) is 5.92 Å². The molecule has 1 amide bonds. The van der Waals surface area contributed by atoms with Gasteiger partial charge in [-0.1, -0.05) is 50.3 Å². The van der Waals surface area contributed by atoms with E-state index in [9.17, 15) is 22.8 Å². The number of hydrogen-bond acceptors (Lipinski definition) is 5. The number of hydrazine groups is 1. The van der Waals surface area contributed by atoms with Gasteiger partial charge in [-0.3, -0.25) is 9.80 Å². The lowest BCUT2D eigenvalue weighted by Gasteiger charge is -2.36. The van der Waals surface area contributed by atoms with Crippen LogP contribution in [0.4, 0.5) is 18.9 Å². The van der Waals surface area contributed by atoms with Gasteiger partial charge < -0.3 is 10.1 Å². The minimum atomic E-state index is -4.53. The molecule has 2 aromatic rings. The highest BCUT2D eigenvalue weighted by Crippen LogP contribution is 2.48. The number of alkyl halides is 3. The van der Waals surface area contributed by atoms with Gasteiger partial charge in [-0.25, -0.2) is 9.80 Å². The van der Waals surface area contributed by atoms with Gasteiger partial charge in [0.25, 0.3) is 5.91 Å². The number of amides is 1. The van der Waals surface area contributed by atoms with Crippen LogP contribution in [-0.2, 0) is 20.5 Å². The van der Waals surface area contributed by atoms with Crippen LogP contribution in [-0.4, -0.2) is 36.6 Å². The van der Waals surface area contributed by atoms with Crippen molar-refractivity contribution >= 4 is 17.6 Å². The van der Waals surface area contributed by atoms with Crippen LogP contribution in [0.15, 0.2) is 67.4 Å². The molecular weight excluding hydrogens is 495 g/mol. The number of esters is 1. The van der Waals surface area contributed by atoms with Gasteiger partial charge in [-0.2, -0.15) is 13.2 Å². The second-order valence-electron chi connectivity index (χ2n) is 9.42. The molecule has 0 saturated carbocycles. The van der Waals surface area contributed by atoms with Crippen LogP contribution in [0.1, 0.15) is 49.8 Å². The summed E-state index contributed by atoms with van der Waals surface area (Å²) in [6.45, 7) is 7.54. The fourth-order valence-corrected chi connectivity index (χ4v) is 5.13. The summed E-state index contributed by atoms with van der Waals surface area (Å²) in [6, 6.07) is 10.2. The maximum absolute atomic E-state index is 13.8. The van der Waals surface area contributed by atoms with Gasteiger partial charge in [0.2, 0.25) is 0 Å². The van der Waals surface area contributed by atoms with E-state index in [1.807, 2.05) is 6.92 Å². The number of ether oxygens (including phenoxy) is 1. The number of carbonyl (C=O) groups excluding carboxylic acids is 2. The van der Waals surface area contributed by atoms with E-state index in [-0.39, 0.29) is 17.5 Å². The van der Waals surface area contributed by atoms with Crippen molar-refractivity contribution in [2.75, 3.05) is 24.7 Å². The molecular formula is C29H32F3N3O3. The van der Waals surface area contributed by atoms with E-state index in [0.717, 1.165) is 56.5 Å². The molecule has 0 aromatic heterocycles. The van der Waals surface area contributed by atoms with Crippen LogP contribution in [0.25, 0.3) is 11.1 Å². The average Bonchev–Trinajstić information content (AvgIpc) is 3.25. The van der Waals surface area contributed by atoms with Crippen molar-refractivity contribution < 1.29 is 27.5 Å². The first kappa shape index (κ1) is 27.4. The molecule has 2 aliphatic rings. The Morgan fingerprint density at radius 3 is 2.58 bits per heavy atom. The first-order valence-corrected chi connectivity index (χ1v) is 12.9. The van der Waals surface area contributed by atoms with Crippen LogP contribution in [0.2, 0.25) is 0 Å². The molecule has 1 atom stereocenters. The molecule has 9 heteroatoms. The Hall–Kier alpha value is -3.59. The van der Waals surface area contributed by atoms with Gasteiger partial charge in [-0.05, 0) is 67.6 Å². The molecule has 1 fully saturated rings.